The number of nitrogens with one attached hydrogen (secondary N) is 1. The summed E-state index contributed by atoms with van der Waals surface area (Å²) in [5.74, 6) is 0.157. The summed E-state index contributed by atoms with van der Waals surface area (Å²) < 4.78 is 11.0. The highest BCUT2D eigenvalue weighted by Gasteiger charge is 2.35. The normalized spacial score (nSPS) is 18.9. The number of carbonyl (C=O) groups is 2. The lowest BCUT2D eigenvalue weighted by molar-refractivity contribution is -0.137. The van der Waals surface area contributed by atoms with Gasteiger partial charge in [0.1, 0.15) is 5.75 Å². The zero-order chi connectivity index (χ0) is 24.5. The smallest absolute Gasteiger partial charge is 0.330 e. The van der Waals surface area contributed by atoms with Crippen LogP contribution in [-0.4, -0.2) is 54.2 Å². The zero-order valence-corrected chi connectivity index (χ0v) is 20.2. The number of nitrogens with zero attached hydrogens (tertiary/aromatic N) is 1. The van der Waals surface area contributed by atoms with Crippen molar-refractivity contribution in [2.45, 2.75) is 58.2 Å². The Morgan fingerprint density at radius 3 is 2.74 bits per heavy atom. The van der Waals surface area contributed by atoms with Crippen molar-refractivity contribution in [3.05, 3.63) is 54.1 Å². The number of aliphatic hydroxyl groups is 1. The fraction of sp³-hybridized carbons (Fsp3) is 0.481. The molecule has 0 aliphatic carbocycles. The van der Waals surface area contributed by atoms with Crippen molar-refractivity contribution >= 4 is 22.6 Å². The van der Waals surface area contributed by atoms with Crippen molar-refractivity contribution in [1.82, 2.24) is 10.2 Å². The number of rotatable bonds is 10. The van der Waals surface area contributed by atoms with Crippen LogP contribution in [0.3, 0.4) is 0 Å². The summed E-state index contributed by atoms with van der Waals surface area (Å²) in [7, 11) is 0. The predicted molar refractivity (Wildman–Crippen MR) is 133 cm³/mol. The molecule has 1 saturated heterocycles. The quantitative estimate of drug-likeness (QED) is 0.306. The minimum Gasteiger partial charge on any atom is -0.493 e. The lowest BCUT2D eigenvalue weighted by atomic mass is 9.92. The number of carbonyl (C=O) groups excluding carboxylic acids is 2. The summed E-state index contributed by atoms with van der Waals surface area (Å²) in [6, 6.07) is 9.58. The van der Waals surface area contributed by atoms with Crippen molar-refractivity contribution in [2.75, 3.05) is 26.3 Å². The molecule has 2 aromatic carbocycles. The molecule has 0 saturated carbocycles. The molecule has 2 unspecified atom stereocenters. The van der Waals surface area contributed by atoms with E-state index in [-0.39, 0.29) is 11.9 Å². The molecule has 2 aliphatic rings. The number of hydrogen-bond acceptors (Lipinski definition) is 6. The molecule has 7 heteroatoms. The Bertz CT molecular complexity index is 1000. The average Bonchev–Trinajstić information content (AvgIpc) is 3.39. The van der Waals surface area contributed by atoms with E-state index in [0.717, 1.165) is 61.1 Å². The van der Waals surface area contributed by atoms with Crippen LogP contribution in [0.2, 0.25) is 0 Å². The number of aliphatic hydroxyl groups excluding tert-OH is 1. The third-order valence-corrected chi connectivity index (χ3v) is 6.13. The highest BCUT2D eigenvalue weighted by molar-refractivity contribution is 6.11. The number of unbranched alkanes of at least 4 members (excludes halogenated alkanes) is 2. The van der Waals surface area contributed by atoms with E-state index >= 15 is 0 Å². The molecular weight excluding hydrogens is 432 g/mol. The molecule has 2 aromatic rings. The zero-order valence-electron chi connectivity index (χ0n) is 20.2. The molecule has 4 rings (SSSR count). The predicted octanol–water partition coefficient (Wildman–Crippen LogP) is 4.34. The molecule has 184 valence electrons. The molecule has 2 heterocycles. The fourth-order valence-electron chi connectivity index (χ4n) is 4.49. The van der Waals surface area contributed by atoms with Gasteiger partial charge >= 0.3 is 5.97 Å². The van der Waals surface area contributed by atoms with Gasteiger partial charge in [0, 0.05) is 40.6 Å². The van der Waals surface area contributed by atoms with Crippen molar-refractivity contribution in [2.24, 2.45) is 0 Å². The first-order valence-electron chi connectivity index (χ1n) is 12.3. The van der Waals surface area contributed by atoms with Crippen LogP contribution in [0.25, 0.3) is 10.8 Å². The lowest BCUT2D eigenvalue weighted by Gasteiger charge is -2.35. The first-order valence-corrected chi connectivity index (χ1v) is 12.3. The van der Waals surface area contributed by atoms with E-state index in [1.807, 2.05) is 44.2 Å². The van der Waals surface area contributed by atoms with Gasteiger partial charge in [-0.05, 0) is 50.8 Å². The Morgan fingerprint density at radius 1 is 1.21 bits per heavy atom. The molecular formula is C27H36N2O5. The second-order valence-electron chi connectivity index (χ2n) is 8.29. The van der Waals surface area contributed by atoms with Crippen LogP contribution >= 0.6 is 0 Å². The van der Waals surface area contributed by atoms with Crippen LogP contribution in [0, 0.1) is 0 Å². The Balaban J connectivity index is 0.00000158. The Kier molecular flexibility index (Phi) is 9.48. The summed E-state index contributed by atoms with van der Waals surface area (Å²) >= 11 is 0. The second kappa shape index (κ2) is 12.5. The molecule has 0 spiro atoms. The highest BCUT2D eigenvalue weighted by atomic mass is 16.5. The number of benzene rings is 2. The van der Waals surface area contributed by atoms with Gasteiger partial charge in [-0.3, -0.25) is 4.79 Å². The monoisotopic (exact) mass is 468 g/mol. The molecule has 0 radical (unpaired) electrons. The molecule has 2 N–H and O–H groups in total. The van der Waals surface area contributed by atoms with E-state index < -0.39 is 12.2 Å². The van der Waals surface area contributed by atoms with Gasteiger partial charge in [-0.15, -0.1) is 0 Å². The van der Waals surface area contributed by atoms with Crippen LogP contribution in [0.5, 0.6) is 5.75 Å². The first-order chi connectivity index (χ1) is 16.6. The minimum atomic E-state index is -0.963. The Morgan fingerprint density at radius 2 is 2.00 bits per heavy atom. The summed E-state index contributed by atoms with van der Waals surface area (Å²) in [5, 5.41) is 16.0. The Labute approximate surface area is 201 Å². The van der Waals surface area contributed by atoms with Crippen LogP contribution in [0.1, 0.15) is 68.1 Å². The molecule has 0 aromatic heterocycles. The molecule has 1 fully saturated rings. The summed E-state index contributed by atoms with van der Waals surface area (Å²) in [4.78, 5) is 25.8. The van der Waals surface area contributed by atoms with Crippen LogP contribution in [-0.2, 0) is 9.53 Å². The van der Waals surface area contributed by atoms with E-state index in [0.29, 0.717) is 31.1 Å². The highest BCUT2D eigenvalue weighted by Crippen LogP contribution is 2.39. The van der Waals surface area contributed by atoms with Gasteiger partial charge in [0.05, 0.1) is 13.2 Å². The molecule has 2 aliphatic heterocycles. The molecule has 2 atom stereocenters. The van der Waals surface area contributed by atoms with Gasteiger partial charge in [-0.25, -0.2) is 4.79 Å². The van der Waals surface area contributed by atoms with Gasteiger partial charge < -0.3 is 24.8 Å². The topological polar surface area (TPSA) is 88.1 Å². The van der Waals surface area contributed by atoms with Gasteiger partial charge in [0.2, 0.25) is 0 Å². The summed E-state index contributed by atoms with van der Waals surface area (Å²) in [5.41, 5.74) is 1.35. The van der Waals surface area contributed by atoms with Crippen molar-refractivity contribution in [3.8, 4) is 5.75 Å². The second-order valence-corrected chi connectivity index (χ2v) is 8.29. The largest absolute Gasteiger partial charge is 0.493 e. The van der Waals surface area contributed by atoms with E-state index in [4.69, 9.17) is 9.47 Å². The lowest BCUT2D eigenvalue weighted by Crippen LogP contribution is -2.45. The minimum absolute atomic E-state index is 0.143. The maximum atomic E-state index is 13.2. The molecule has 7 nitrogen and oxygen atoms in total. The third-order valence-electron chi connectivity index (χ3n) is 6.13. The van der Waals surface area contributed by atoms with E-state index in [9.17, 15) is 14.7 Å². The van der Waals surface area contributed by atoms with Gasteiger partial charge in [-0.2, -0.15) is 0 Å². The fourth-order valence-corrected chi connectivity index (χ4v) is 4.49. The van der Waals surface area contributed by atoms with Gasteiger partial charge in [0.25, 0.3) is 5.91 Å². The Hall–Kier alpha value is -2.90. The van der Waals surface area contributed by atoms with Crippen molar-refractivity contribution in [1.29, 1.82) is 0 Å². The van der Waals surface area contributed by atoms with E-state index in [1.54, 1.807) is 4.90 Å². The van der Waals surface area contributed by atoms with Crippen LogP contribution in [0.4, 0.5) is 0 Å². The van der Waals surface area contributed by atoms with E-state index in [2.05, 4.69) is 11.9 Å². The van der Waals surface area contributed by atoms with Crippen molar-refractivity contribution in [3.63, 3.8) is 0 Å². The SMILES string of the molecule is C=CC(=O)OCCCCCOc1ccc2c3c(cccc13)C(=O)N(CC1CCCN1)C2O.CC. The number of amides is 1. The molecule has 1 amide bonds. The first kappa shape index (κ1) is 25.7. The maximum Gasteiger partial charge on any atom is 0.330 e. The summed E-state index contributed by atoms with van der Waals surface area (Å²) in [6.07, 6.45) is 4.75. The third kappa shape index (κ3) is 5.77. The number of hydrogen-bond donors (Lipinski definition) is 2. The van der Waals surface area contributed by atoms with Crippen LogP contribution in [0.15, 0.2) is 43.0 Å². The van der Waals surface area contributed by atoms with E-state index in [1.165, 1.54) is 0 Å². The molecule has 34 heavy (non-hydrogen) atoms. The van der Waals surface area contributed by atoms with Crippen LogP contribution < -0.4 is 10.1 Å². The standard InChI is InChI=1S/C25H30N2O5.C2H6/c1-2-22(28)32-15-5-3-4-14-31-21-12-11-20-23-18(21)9-6-10-19(23)24(29)27(25(20)30)16-17-8-7-13-26-17;1-2/h2,6,9-12,17,25-26,30H,1,3-5,7-8,13-16H2;1-2H3. The average molecular weight is 469 g/mol. The van der Waals surface area contributed by atoms with Gasteiger partial charge in [-0.1, -0.05) is 38.6 Å². The number of esters is 1. The number of ether oxygens (including phenoxy) is 2. The summed E-state index contributed by atoms with van der Waals surface area (Å²) in [6.45, 7) is 9.71. The molecule has 0 bridgehead atoms. The van der Waals surface area contributed by atoms with Crippen molar-refractivity contribution < 1.29 is 24.2 Å². The maximum absolute atomic E-state index is 13.2. The van der Waals surface area contributed by atoms with Gasteiger partial charge in [0.15, 0.2) is 6.23 Å².